The minimum atomic E-state index is -1.23. The van der Waals surface area contributed by atoms with Gasteiger partial charge in [0.15, 0.2) is 0 Å². The summed E-state index contributed by atoms with van der Waals surface area (Å²) in [5, 5.41) is 11.5. The standard InChI is InChI=1S/C28H41NO5/c1-7-16(2)12-17(3)13-19(5)25-18(4)8-9-22(33-25)24-26-21(15-29(6)27(24)31)28(32)11-10-20(30)14-23(28)34-26/h13,15-18,22-23,25,32H,7-12,14H2,1-6H3/b19-13+. The molecule has 2 aliphatic heterocycles. The highest BCUT2D eigenvalue weighted by molar-refractivity contribution is 5.81. The Morgan fingerprint density at radius 2 is 2.06 bits per heavy atom. The second kappa shape index (κ2) is 9.62. The molecule has 1 saturated heterocycles. The fraction of sp³-hybridized carbons (Fsp3) is 0.714. The van der Waals surface area contributed by atoms with E-state index in [1.54, 1.807) is 13.2 Å². The Morgan fingerprint density at radius 3 is 2.76 bits per heavy atom. The third-order valence-electron chi connectivity index (χ3n) is 8.32. The van der Waals surface area contributed by atoms with Gasteiger partial charge in [0, 0.05) is 31.6 Å². The number of Topliss-reactive ketones (excluding diaryl/α,β-unsaturated/α-hetero) is 1. The number of carbonyl (C=O) groups is 1. The highest BCUT2D eigenvalue weighted by atomic mass is 16.5. The van der Waals surface area contributed by atoms with Gasteiger partial charge in [0.25, 0.3) is 5.56 Å². The number of hydrogen-bond acceptors (Lipinski definition) is 5. The van der Waals surface area contributed by atoms with Crippen LogP contribution in [0.5, 0.6) is 5.75 Å². The van der Waals surface area contributed by atoms with E-state index >= 15 is 0 Å². The molecule has 1 saturated carbocycles. The van der Waals surface area contributed by atoms with E-state index < -0.39 is 17.8 Å². The van der Waals surface area contributed by atoms with E-state index in [2.05, 4.69) is 40.7 Å². The van der Waals surface area contributed by atoms with Crippen LogP contribution in [0.3, 0.4) is 0 Å². The summed E-state index contributed by atoms with van der Waals surface area (Å²) < 4.78 is 14.3. The van der Waals surface area contributed by atoms with Crippen LogP contribution in [0.4, 0.5) is 0 Å². The van der Waals surface area contributed by atoms with Gasteiger partial charge in [-0.1, -0.05) is 40.2 Å². The molecule has 6 heteroatoms. The summed E-state index contributed by atoms with van der Waals surface area (Å²) in [6.45, 7) is 11.1. The van der Waals surface area contributed by atoms with Crippen LogP contribution in [0.1, 0.15) is 96.8 Å². The number of allylic oxidation sites excluding steroid dienone is 1. The molecule has 3 heterocycles. The second-order valence-electron chi connectivity index (χ2n) is 11.2. The highest BCUT2D eigenvalue weighted by Crippen LogP contribution is 2.51. The van der Waals surface area contributed by atoms with Crippen molar-refractivity contribution in [3.63, 3.8) is 0 Å². The molecule has 1 N–H and O–H groups in total. The number of nitrogens with zero attached hydrogens (tertiary/aromatic N) is 1. The summed E-state index contributed by atoms with van der Waals surface area (Å²) in [6, 6.07) is 0. The third-order valence-corrected chi connectivity index (χ3v) is 8.32. The number of aliphatic hydroxyl groups is 1. The van der Waals surface area contributed by atoms with E-state index in [4.69, 9.17) is 9.47 Å². The maximum absolute atomic E-state index is 13.3. The average Bonchev–Trinajstić information content (AvgIpc) is 3.06. The van der Waals surface area contributed by atoms with Gasteiger partial charge in [-0.25, -0.2) is 0 Å². The lowest BCUT2D eigenvalue weighted by atomic mass is 9.78. The largest absolute Gasteiger partial charge is 0.486 e. The van der Waals surface area contributed by atoms with Crippen LogP contribution in [0, 0.1) is 17.8 Å². The van der Waals surface area contributed by atoms with Crippen molar-refractivity contribution >= 4 is 5.78 Å². The molecule has 0 amide bonds. The van der Waals surface area contributed by atoms with Gasteiger partial charge in [-0.3, -0.25) is 9.59 Å². The van der Waals surface area contributed by atoms with Crippen molar-refractivity contribution in [3.05, 3.63) is 39.3 Å². The van der Waals surface area contributed by atoms with Crippen molar-refractivity contribution in [1.29, 1.82) is 0 Å². The van der Waals surface area contributed by atoms with E-state index in [1.165, 1.54) is 16.6 Å². The summed E-state index contributed by atoms with van der Waals surface area (Å²) in [5.41, 5.74) is 0.947. The molecule has 3 aliphatic rings. The minimum Gasteiger partial charge on any atom is -0.486 e. The van der Waals surface area contributed by atoms with Gasteiger partial charge >= 0.3 is 0 Å². The van der Waals surface area contributed by atoms with Crippen LogP contribution in [-0.2, 0) is 22.2 Å². The van der Waals surface area contributed by atoms with Crippen molar-refractivity contribution in [2.24, 2.45) is 24.8 Å². The quantitative estimate of drug-likeness (QED) is 0.593. The van der Waals surface area contributed by atoms with Crippen LogP contribution in [0.25, 0.3) is 0 Å². The molecule has 1 aromatic rings. The molecule has 1 aromatic heterocycles. The average molecular weight is 472 g/mol. The molecule has 0 spiro atoms. The number of hydrogen-bond donors (Lipinski definition) is 1. The number of aryl methyl sites for hydroxylation is 1. The van der Waals surface area contributed by atoms with Gasteiger partial charge in [0.2, 0.25) is 0 Å². The zero-order valence-corrected chi connectivity index (χ0v) is 21.6. The van der Waals surface area contributed by atoms with Crippen LogP contribution in [0.2, 0.25) is 0 Å². The molecule has 6 nitrogen and oxygen atoms in total. The number of aromatic nitrogens is 1. The molecule has 1 aliphatic carbocycles. The number of rotatable bonds is 6. The fourth-order valence-corrected chi connectivity index (χ4v) is 6.15. The predicted molar refractivity (Wildman–Crippen MR) is 132 cm³/mol. The Labute approximate surface area is 203 Å². The zero-order chi connectivity index (χ0) is 24.8. The van der Waals surface area contributed by atoms with Gasteiger partial charge in [0.05, 0.1) is 17.8 Å². The normalized spacial score (nSPS) is 33.1. The number of carbonyl (C=O) groups excluding carboxylic acids is 1. The van der Waals surface area contributed by atoms with E-state index in [0.29, 0.717) is 47.5 Å². The van der Waals surface area contributed by atoms with Crippen molar-refractivity contribution in [3.8, 4) is 5.75 Å². The topological polar surface area (TPSA) is 77.8 Å². The first-order valence-electron chi connectivity index (χ1n) is 13.0. The lowest BCUT2D eigenvalue weighted by Crippen LogP contribution is -2.43. The van der Waals surface area contributed by atoms with E-state index in [9.17, 15) is 14.7 Å². The summed E-state index contributed by atoms with van der Waals surface area (Å²) in [6.07, 6.45) is 7.74. The van der Waals surface area contributed by atoms with Gasteiger partial charge < -0.3 is 19.1 Å². The number of ether oxygens (including phenoxy) is 2. The molecule has 7 atom stereocenters. The maximum atomic E-state index is 13.3. The first kappa shape index (κ1) is 25.2. The van der Waals surface area contributed by atoms with Gasteiger partial charge in [0.1, 0.15) is 23.2 Å². The lowest BCUT2D eigenvalue weighted by molar-refractivity contribution is -0.133. The van der Waals surface area contributed by atoms with E-state index in [0.717, 1.165) is 19.3 Å². The molecule has 7 unspecified atom stereocenters. The number of fused-ring (bicyclic) bond motifs is 3. The van der Waals surface area contributed by atoms with E-state index in [-0.39, 0.29) is 23.9 Å². The summed E-state index contributed by atoms with van der Waals surface area (Å²) in [4.78, 5) is 25.4. The highest BCUT2D eigenvalue weighted by Gasteiger charge is 2.53. The minimum absolute atomic E-state index is 0.0629. The van der Waals surface area contributed by atoms with E-state index in [1.807, 2.05) is 0 Å². The lowest BCUT2D eigenvalue weighted by Gasteiger charge is -2.36. The Balaban J connectivity index is 1.65. The number of ketones is 1. The van der Waals surface area contributed by atoms with Crippen LogP contribution in [-0.4, -0.2) is 27.7 Å². The summed E-state index contributed by atoms with van der Waals surface area (Å²) in [5.74, 6) is 2.04. The molecule has 188 valence electrons. The Bertz CT molecular complexity index is 1030. The summed E-state index contributed by atoms with van der Waals surface area (Å²) in [7, 11) is 1.71. The van der Waals surface area contributed by atoms with Gasteiger partial charge in [-0.15, -0.1) is 0 Å². The first-order chi connectivity index (χ1) is 16.0. The first-order valence-corrected chi connectivity index (χ1v) is 13.0. The number of pyridine rings is 1. The molecule has 4 rings (SSSR count). The monoisotopic (exact) mass is 471 g/mol. The molecule has 34 heavy (non-hydrogen) atoms. The SMILES string of the molecule is CCC(C)CC(C)/C=C(\C)C1OC(c2c3c(cn(C)c2=O)C2(O)CCC(=O)CC2O3)CCC1C. The van der Waals surface area contributed by atoms with Crippen molar-refractivity contribution in [2.45, 2.75) is 103 Å². The van der Waals surface area contributed by atoms with Gasteiger partial charge in [-0.2, -0.15) is 0 Å². The zero-order valence-electron chi connectivity index (χ0n) is 21.6. The molecular weight excluding hydrogens is 430 g/mol. The molecule has 0 radical (unpaired) electrons. The smallest absolute Gasteiger partial charge is 0.259 e. The fourth-order valence-electron chi connectivity index (χ4n) is 6.15. The van der Waals surface area contributed by atoms with Crippen LogP contribution < -0.4 is 10.3 Å². The van der Waals surface area contributed by atoms with Gasteiger partial charge in [-0.05, 0) is 55.9 Å². The van der Waals surface area contributed by atoms with Crippen molar-refractivity contribution in [1.82, 2.24) is 4.57 Å². The third kappa shape index (κ3) is 4.51. The van der Waals surface area contributed by atoms with Crippen LogP contribution in [0.15, 0.2) is 22.6 Å². The summed E-state index contributed by atoms with van der Waals surface area (Å²) >= 11 is 0. The van der Waals surface area contributed by atoms with Crippen LogP contribution >= 0.6 is 0 Å². The Hall–Kier alpha value is -1.92. The van der Waals surface area contributed by atoms with Crippen molar-refractivity contribution < 1.29 is 19.4 Å². The molecule has 0 aromatic carbocycles. The second-order valence-corrected chi connectivity index (χ2v) is 11.2. The molecule has 2 fully saturated rings. The maximum Gasteiger partial charge on any atom is 0.259 e. The molecule has 0 bridgehead atoms. The van der Waals surface area contributed by atoms with Crippen molar-refractivity contribution in [2.75, 3.05) is 0 Å². The predicted octanol–water partition coefficient (Wildman–Crippen LogP) is 4.96. The molecular formula is C28H41NO5. The Kier molecular flexibility index (Phi) is 7.12. The Morgan fingerprint density at radius 1 is 1.32 bits per heavy atom.